The highest BCUT2D eigenvalue weighted by atomic mass is 19.4. The van der Waals surface area contributed by atoms with E-state index in [1.165, 1.54) is 12.1 Å². The molecule has 0 aliphatic carbocycles. The number of hydrogen-bond donors (Lipinski definition) is 2. The summed E-state index contributed by atoms with van der Waals surface area (Å²) in [5, 5.41) is 1.87. The smallest absolute Gasteiger partial charge is 0.322 e. The van der Waals surface area contributed by atoms with E-state index in [0.717, 1.165) is 17.3 Å². The Kier molecular flexibility index (Phi) is 5.96. The van der Waals surface area contributed by atoms with E-state index in [1.807, 2.05) is 5.32 Å². The van der Waals surface area contributed by atoms with Gasteiger partial charge in [-0.3, -0.25) is 9.59 Å². The molecule has 3 aromatic rings. The van der Waals surface area contributed by atoms with Gasteiger partial charge in [-0.05, 0) is 55.3 Å². The Morgan fingerprint density at radius 2 is 1.45 bits per heavy atom. The third-order valence-electron chi connectivity index (χ3n) is 4.82. The van der Waals surface area contributed by atoms with E-state index >= 15 is 0 Å². The van der Waals surface area contributed by atoms with Gasteiger partial charge in [0.05, 0.1) is 16.8 Å². The van der Waals surface area contributed by atoms with Crippen LogP contribution in [0.15, 0.2) is 52.2 Å². The molecule has 0 fully saturated rings. The highest BCUT2D eigenvalue weighted by Gasteiger charge is 2.37. The van der Waals surface area contributed by atoms with Crippen molar-refractivity contribution >= 4 is 11.6 Å². The van der Waals surface area contributed by atoms with Crippen LogP contribution in [0.3, 0.4) is 0 Å². The van der Waals surface area contributed by atoms with Gasteiger partial charge < -0.3 is 10.3 Å². The number of carbonyl (C=O) groups excluding carboxylic acids is 1. The van der Waals surface area contributed by atoms with Crippen molar-refractivity contribution in [2.24, 2.45) is 0 Å². The molecule has 0 unspecified atom stereocenters. The molecule has 6 nitrogen and oxygen atoms in total. The van der Waals surface area contributed by atoms with Crippen LogP contribution in [0.1, 0.15) is 32.6 Å². The number of nitrogens with zero attached hydrogens (tertiary/aromatic N) is 1. The van der Waals surface area contributed by atoms with Gasteiger partial charge in [0.25, 0.3) is 11.5 Å². The van der Waals surface area contributed by atoms with Gasteiger partial charge in [-0.2, -0.15) is 26.3 Å². The first-order valence-electron chi connectivity index (χ1n) is 9.21. The minimum absolute atomic E-state index is 0.0949. The van der Waals surface area contributed by atoms with Gasteiger partial charge in [0, 0.05) is 11.9 Å². The molecule has 0 atom stereocenters. The van der Waals surface area contributed by atoms with E-state index in [-0.39, 0.29) is 11.8 Å². The topological polar surface area (TPSA) is 84.0 Å². The average Bonchev–Trinajstić information content (AvgIpc) is 2.69. The quantitative estimate of drug-likeness (QED) is 0.555. The second-order valence-corrected chi connectivity index (χ2v) is 7.17. The van der Waals surface area contributed by atoms with Gasteiger partial charge in [0.15, 0.2) is 0 Å². The number of hydrogen-bond acceptors (Lipinski definition) is 3. The first-order chi connectivity index (χ1) is 15.2. The van der Waals surface area contributed by atoms with Crippen LogP contribution in [0.4, 0.5) is 32.0 Å². The lowest BCUT2D eigenvalue weighted by Gasteiger charge is -2.15. The van der Waals surface area contributed by atoms with Crippen LogP contribution >= 0.6 is 0 Å². The molecule has 33 heavy (non-hydrogen) atoms. The lowest BCUT2D eigenvalue weighted by Crippen LogP contribution is -2.38. The SMILES string of the molecule is Cc1ccc(-n2c(=O)[nH]cc(C(=O)Nc3cc(C(F)(F)F)cc(C(F)(F)F)c3)c2=O)cc1C. The fraction of sp³-hybridized carbons (Fsp3) is 0.190. The number of carbonyl (C=O) groups is 1. The molecule has 0 aliphatic heterocycles. The van der Waals surface area contributed by atoms with Crippen LogP contribution in [-0.4, -0.2) is 15.5 Å². The summed E-state index contributed by atoms with van der Waals surface area (Å²) in [7, 11) is 0. The second kappa shape index (κ2) is 8.26. The number of halogens is 6. The molecule has 174 valence electrons. The molecule has 0 bridgehead atoms. The Labute approximate surface area is 181 Å². The zero-order valence-corrected chi connectivity index (χ0v) is 17.0. The summed E-state index contributed by atoms with van der Waals surface area (Å²) in [4.78, 5) is 39.7. The number of anilines is 1. The predicted octanol–water partition coefficient (Wildman–Crippen LogP) is 4.43. The number of nitrogens with one attached hydrogen (secondary N) is 2. The van der Waals surface area contributed by atoms with Crippen LogP contribution < -0.4 is 16.6 Å². The molecule has 1 heterocycles. The summed E-state index contributed by atoms with van der Waals surface area (Å²) in [6, 6.07) is 5.10. The van der Waals surface area contributed by atoms with Crippen molar-refractivity contribution in [3.05, 3.63) is 91.3 Å². The zero-order valence-electron chi connectivity index (χ0n) is 17.0. The van der Waals surface area contributed by atoms with Crippen molar-refractivity contribution in [1.29, 1.82) is 0 Å². The van der Waals surface area contributed by atoms with Crippen molar-refractivity contribution < 1.29 is 31.1 Å². The van der Waals surface area contributed by atoms with Gasteiger partial charge in [-0.1, -0.05) is 6.07 Å². The second-order valence-electron chi connectivity index (χ2n) is 7.17. The van der Waals surface area contributed by atoms with Crippen molar-refractivity contribution in [2.45, 2.75) is 26.2 Å². The summed E-state index contributed by atoms with van der Waals surface area (Å²) in [5.41, 5.74) is -5.08. The highest BCUT2D eigenvalue weighted by molar-refractivity contribution is 6.04. The maximum atomic E-state index is 13.0. The van der Waals surface area contributed by atoms with Gasteiger partial charge in [-0.15, -0.1) is 0 Å². The minimum Gasteiger partial charge on any atom is -0.322 e. The Morgan fingerprint density at radius 1 is 0.879 bits per heavy atom. The summed E-state index contributed by atoms with van der Waals surface area (Å²) in [6.45, 7) is 3.51. The molecule has 1 aromatic heterocycles. The van der Waals surface area contributed by atoms with E-state index < -0.39 is 51.9 Å². The molecular formula is C21H15F6N3O3. The van der Waals surface area contributed by atoms with E-state index in [0.29, 0.717) is 16.7 Å². The third-order valence-corrected chi connectivity index (χ3v) is 4.82. The molecule has 0 radical (unpaired) electrons. The Hall–Kier alpha value is -3.83. The molecule has 2 aromatic carbocycles. The molecule has 0 saturated heterocycles. The average molecular weight is 471 g/mol. The number of aromatic amines is 1. The molecule has 0 saturated carbocycles. The largest absolute Gasteiger partial charge is 0.416 e. The van der Waals surface area contributed by atoms with E-state index in [2.05, 4.69) is 4.98 Å². The number of H-pyrrole nitrogens is 1. The van der Waals surface area contributed by atoms with Crippen LogP contribution in [0.5, 0.6) is 0 Å². The van der Waals surface area contributed by atoms with Crippen LogP contribution in [-0.2, 0) is 12.4 Å². The normalized spacial score (nSPS) is 12.0. The number of benzene rings is 2. The van der Waals surface area contributed by atoms with E-state index in [4.69, 9.17) is 0 Å². The van der Waals surface area contributed by atoms with Crippen molar-refractivity contribution in [3.8, 4) is 5.69 Å². The predicted molar refractivity (Wildman–Crippen MR) is 107 cm³/mol. The number of rotatable bonds is 3. The fourth-order valence-electron chi connectivity index (χ4n) is 2.96. The first-order valence-corrected chi connectivity index (χ1v) is 9.21. The monoisotopic (exact) mass is 471 g/mol. The molecule has 0 aliphatic rings. The van der Waals surface area contributed by atoms with Crippen molar-refractivity contribution in [1.82, 2.24) is 9.55 Å². The number of alkyl halides is 6. The van der Waals surface area contributed by atoms with Crippen LogP contribution in [0.2, 0.25) is 0 Å². The zero-order chi connectivity index (χ0) is 24.7. The minimum atomic E-state index is -5.12. The van der Waals surface area contributed by atoms with Gasteiger partial charge in [0.2, 0.25) is 0 Å². The van der Waals surface area contributed by atoms with Gasteiger partial charge in [0.1, 0.15) is 5.56 Å². The van der Waals surface area contributed by atoms with Gasteiger partial charge >= 0.3 is 18.0 Å². The summed E-state index contributed by atoms with van der Waals surface area (Å²) in [5.74, 6) is -1.30. The van der Waals surface area contributed by atoms with E-state index in [1.54, 1.807) is 19.9 Å². The summed E-state index contributed by atoms with van der Waals surface area (Å²) >= 11 is 0. The maximum Gasteiger partial charge on any atom is 0.416 e. The molecule has 1 amide bonds. The lowest BCUT2D eigenvalue weighted by atomic mass is 10.1. The van der Waals surface area contributed by atoms with Crippen LogP contribution in [0.25, 0.3) is 5.69 Å². The summed E-state index contributed by atoms with van der Waals surface area (Å²) in [6.07, 6.45) is -9.50. The fourth-order valence-corrected chi connectivity index (χ4v) is 2.96. The molecular weight excluding hydrogens is 456 g/mol. The maximum absolute atomic E-state index is 13.0. The molecule has 2 N–H and O–H groups in total. The molecule has 0 spiro atoms. The number of amides is 1. The highest BCUT2D eigenvalue weighted by Crippen LogP contribution is 2.37. The number of aryl methyl sites for hydroxylation is 2. The Morgan fingerprint density at radius 3 is 1.97 bits per heavy atom. The summed E-state index contributed by atoms with van der Waals surface area (Å²) < 4.78 is 78.8. The Balaban J connectivity index is 2.06. The first kappa shape index (κ1) is 23.8. The van der Waals surface area contributed by atoms with Crippen LogP contribution in [0, 0.1) is 13.8 Å². The van der Waals surface area contributed by atoms with Crippen molar-refractivity contribution in [3.63, 3.8) is 0 Å². The number of aromatic nitrogens is 2. The lowest BCUT2D eigenvalue weighted by molar-refractivity contribution is -0.143. The molecule has 12 heteroatoms. The van der Waals surface area contributed by atoms with Crippen molar-refractivity contribution in [2.75, 3.05) is 5.32 Å². The van der Waals surface area contributed by atoms with Gasteiger partial charge in [-0.25, -0.2) is 9.36 Å². The molecule has 3 rings (SSSR count). The Bertz CT molecular complexity index is 1320. The van der Waals surface area contributed by atoms with E-state index in [9.17, 15) is 40.7 Å². The standard InChI is InChI=1S/C21H15F6N3O3/c1-10-3-4-15(5-11(10)2)30-18(32)16(9-28-19(30)33)17(31)29-14-7-12(20(22,23)24)6-13(8-14)21(25,26)27/h3-9H,1-2H3,(H,28,33)(H,29,31). The third kappa shape index (κ3) is 4.99.